The number of halogens is 1. The predicted molar refractivity (Wildman–Crippen MR) is 65.4 cm³/mol. The molecule has 0 aromatic heterocycles. The fourth-order valence-electron chi connectivity index (χ4n) is 2.16. The molecule has 1 fully saturated rings. The van der Waals surface area contributed by atoms with Gasteiger partial charge in [0.15, 0.2) is 11.6 Å². The molecule has 2 N–H and O–H groups in total. The Kier molecular flexibility index (Phi) is 3.97. The summed E-state index contributed by atoms with van der Waals surface area (Å²) in [5.74, 6) is 0.518. The highest BCUT2D eigenvalue weighted by molar-refractivity contribution is 5.29. The first-order valence-corrected chi connectivity index (χ1v) is 5.99. The first kappa shape index (κ1) is 12.3. The van der Waals surface area contributed by atoms with E-state index in [4.69, 9.17) is 10.5 Å². The average molecular weight is 238 g/mol. The molecule has 1 atom stereocenters. The molecule has 4 heteroatoms. The number of hydrogen-bond donors (Lipinski definition) is 1. The maximum absolute atomic E-state index is 13.6. The zero-order valence-corrected chi connectivity index (χ0v) is 10.2. The summed E-state index contributed by atoms with van der Waals surface area (Å²) in [6.07, 6.45) is 1.12. The highest BCUT2D eigenvalue weighted by atomic mass is 19.1. The topological polar surface area (TPSA) is 38.5 Å². The molecule has 1 heterocycles. The van der Waals surface area contributed by atoms with Crippen LogP contribution in [-0.2, 0) is 6.54 Å². The largest absolute Gasteiger partial charge is 0.490 e. The van der Waals surface area contributed by atoms with Gasteiger partial charge in [-0.15, -0.1) is 0 Å². The maximum Gasteiger partial charge on any atom is 0.165 e. The van der Waals surface area contributed by atoms with E-state index in [1.807, 2.05) is 0 Å². The van der Waals surface area contributed by atoms with Crippen molar-refractivity contribution >= 4 is 0 Å². The second-order valence-electron chi connectivity index (χ2n) is 4.70. The Morgan fingerprint density at radius 3 is 2.94 bits per heavy atom. The predicted octanol–water partition coefficient (Wildman–Crippen LogP) is 1.61. The van der Waals surface area contributed by atoms with Gasteiger partial charge < -0.3 is 15.4 Å². The number of likely N-dealkylation sites (tertiary alicyclic amines) is 1. The molecule has 0 radical (unpaired) electrons. The fraction of sp³-hybridized carbons (Fsp3) is 0.538. The molecule has 1 saturated heterocycles. The van der Waals surface area contributed by atoms with E-state index in [9.17, 15) is 4.39 Å². The SMILES string of the molecule is CN1CCC(COc2ccc(CN)cc2F)C1. The lowest BCUT2D eigenvalue weighted by Crippen LogP contribution is -2.18. The summed E-state index contributed by atoms with van der Waals surface area (Å²) in [4.78, 5) is 2.27. The van der Waals surface area contributed by atoms with Crippen LogP contribution in [0.25, 0.3) is 0 Å². The van der Waals surface area contributed by atoms with Crippen LogP contribution in [0.2, 0.25) is 0 Å². The van der Waals surface area contributed by atoms with Crippen molar-refractivity contribution in [2.45, 2.75) is 13.0 Å². The second kappa shape index (κ2) is 5.47. The van der Waals surface area contributed by atoms with Crippen molar-refractivity contribution in [3.8, 4) is 5.75 Å². The Labute approximate surface area is 101 Å². The van der Waals surface area contributed by atoms with Gasteiger partial charge in [-0.2, -0.15) is 0 Å². The van der Waals surface area contributed by atoms with Crippen LogP contribution < -0.4 is 10.5 Å². The second-order valence-corrected chi connectivity index (χ2v) is 4.70. The van der Waals surface area contributed by atoms with E-state index < -0.39 is 0 Å². The van der Waals surface area contributed by atoms with E-state index in [1.165, 1.54) is 6.07 Å². The van der Waals surface area contributed by atoms with E-state index >= 15 is 0 Å². The molecule has 0 saturated carbocycles. The minimum absolute atomic E-state index is 0.320. The van der Waals surface area contributed by atoms with Crippen LogP contribution in [0.1, 0.15) is 12.0 Å². The van der Waals surface area contributed by atoms with Gasteiger partial charge in [0.2, 0.25) is 0 Å². The first-order chi connectivity index (χ1) is 8.19. The Morgan fingerprint density at radius 1 is 1.53 bits per heavy atom. The molecule has 1 aromatic rings. The zero-order chi connectivity index (χ0) is 12.3. The standard InChI is InChI=1S/C13H19FN2O/c1-16-5-4-11(8-16)9-17-13-3-2-10(7-15)6-12(13)14/h2-3,6,11H,4-5,7-9,15H2,1H3. The number of rotatable bonds is 4. The molecular weight excluding hydrogens is 219 g/mol. The molecule has 0 aliphatic carbocycles. The molecule has 3 nitrogen and oxygen atoms in total. The Morgan fingerprint density at radius 2 is 2.35 bits per heavy atom. The number of nitrogens with two attached hydrogens (primary N) is 1. The van der Waals surface area contributed by atoms with Crippen molar-refractivity contribution in [3.05, 3.63) is 29.6 Å². The number of ether oxygens (including phenoxy) is 1. The Bertz CT molecular complexity index is 384. The minimum Gasteiger partial charge on any atom is -0.490 e. The molecule has 17 heavy (non-hydrogen) atoms. The number of nitrogens with zero attached hydrogens (tertiary/aromatic N) is 1. The fourth-order valence-corrected chi connectivity index (χ4v) is 2.16. The molecule has 1 unspecified atom stereocenters. The van der Waals surface area contributed by atoms with E-state index in [0.717, 1.165) is 25.1 Å². The molecule has 1 aliphatic rings. The molecule has 0 amide bonds. The van der Waals surface area contributed by atoms with Crippen LogP contribution in [0.15, 0.2) is 18.2 Å². The van der Waals surface area contributed by atoms with Gasteiger partial charge >= 0.3 is 0 Å². The third kappa shape index (κ3) is 3.17. The van der Waals surface area contributed by atoms with Gasteiger partial charge in [-0.25, -0.2) is 4.39 Å². The van der Waals surface area contributed by atoms with Crippen LogP contribution in [0.3, 0.4) is 0 Å². The summed E-state index contributed by atoms with van der Waals surface area (Å²) in [5, 5.41) is 0. The minimum atomic E-state index is -0.320. The molecule has 94 valence electrons. The van der Waals surface area contributed by atoms with Crippen LogP contribution >= 0.6 is 0 Å². The van der Waals surface area contributed by atoms with Gasteiger partial charge in [0.05, 0.1) is 6.61 Å². The molecule has 2 rings (SSSR count). The van der Waals surface area contributed by atoms with Gasteiger partial charge in [-0.1, -0.05) is 6.07 Å². The summed E-state index contributed by atoms with van der Waals surface area (Å²) < 4.78 is 19.1. The molecule has 1 aliphatic heterocycles. The molecule has 0 spiro atoms. The van der Waals surface area contributed by atoms with Gasteiger partial charge in [0.1, 0.15) is 0 Å². The third-order valence-electron chi connectivity index (χ3n) is 3.20. The van der Waals surface area contributed by atoms with Crippen LogP contribution in [-0.4, -0.2) is 31.6 Å². The summed E-state index contributed by atoms with van der Waals surface area (Å²) in [6, 6.07) is 4.91. The zero-order valence-electron chi connectivity index (χ0n) is 10.2. The van der Waals surface area contributed by atoms with Crippen LogP contribution in [0.5, 0.6) is 5.75 Å². The smallest absolute Gasteiger partial charge is 0.165 e. The average Bonchev–Trinajstić information content (AvgIpc) is 2.73. The lowest BCUT2D eigenvalue weighted by atomic mass is 10.1. The first-order valence-electron chi connectivity index (χ1n) is 5.99. The lowest BCUT2D eigenvalue weighted by Gasteiger charge is -2.13. The van der Waals surface area contributed by atoms with E-state index in [1.54, 1.807) is 12.1 Å². The quantitative estimate of drug-likeness (QED) is 0.866. The summed E-state index contributed by atoms with van der Waals surface area (Å²) in [7, 11) is 2.09. The normalized spacial score (nSPS) is 20.8. The van der Waals surface area contributed by atoms with Crippen LogP contribution in [0, 0.1) is 11.7 Å². The van der Waals surface area contributed by atoms with E-state index in [2.05, 4.69) is 11.9 Å². The van der Waals surface area contributed by atoms with Crippen LogP contribution in [0.4, 0.5) is 4.39 Å². The van der Waals surface area contributed by atoms with Crippen molar-refractivity contribution in [2.75, 3.05) is 26.7 Å². The van der Waals surface area contributed by atoms with Crippen molar-refractivity contribution in [1.29, 1.82) is 0 Å². The summed E-state index contributed by atoms with van der Waals surface area (Å²) in [5.41, 5.74) is 6.23. The number of hydrogen-bond acceptors (Lipinski definition) is 3. The lowest BCUT2D eigenvalue weighted by molar-refractivity contribution is 0.239. The van der Waals surface area contributed by atoms with Gasteiger partial charge in [-0.05, 0) is 37.7 Å². The molecule has 1 aromatic carbocycles. The van der Waals surface area contributed by atoms with E-state index in [0.29, 0.717) is 24.8 Å². The molecular formula is C13H19FN2O. The summed E-state index contributed by atoms with van der Waals surface area (Å²) >= 11 is 0. The van der Waals surface area contributed by atoms with E-state index in [-0.39, 0.29) is 5.82 Å². The maximum atomic E-state index is 13.6. The van der Waals surface area contributed by atoms with Crippen molar-refractivity contribution in [2.24, 2.45) is 11.7 Å². The third-order valence-corrected chi connectivity index (χ3v) is 3.20. The van der Waals surface area contributed by atoms with Crippen molar-refractivity contribution in [1.82, 2.24) is 4.90 Å². The highest BCUT2D eigenvalue weighted by Gasteiger charge is 2.20. The van der Waals surface area contributed by atoms with Gasteiger partial charge in [0, 0.05) is 19.0 Å². The van der Waals surface area contributed by atoms with Gasteiger partial charge in [-0.3, -0.25) is 0 Å². The van der Waals surface area contributed by atoms with Crippen molar-refractivity contribution in [3.63, 3.8) is 0 Å². The Balaban J connectivity index is 1.90. The summed E-state index contributed by atoms with van der Waals surface area (Å²) in [6.45, 7) is 3.07. The highest BCUT2D eigenvalue weighted by Crippen LogP contribution is 2.21. The van der Waals surface area contributed by atoms with Crippen molar-refractivity contribution < 1.29 is 9.13 Å². The monoisotopic (exact) mass is 238 g/mol. The number of benzene rings is 1. The Hall–Kier alpha value is -1.13. The molecule has 0 bridgehead atoms. The van der Waals surface area contributed by atoms with Gasteiger partial charge in [0.25, 0.3) is 0 Å².